The van der Waals surface area contributed by atoms with Crippen molar-refractivity contribution in [3.8, 4) is 5.75 Å². The summed E-state index contributed by atoms with van der Waals surface area (Å²) in [6.07, 6.45) is -2.23. The van der Waals surface area contributed by atoms with Crippen LogP contribution in [0.25, 0.3) is 10.9 Å². The van der Waals surface area contributed by atoms with Crippen LogP contribution >= 0.6 is 11.9 Å². The number of nitrogens with one attached hydrogen (secondary N) is 2. The number of aromatic amines is 1. The number of fused-ring (bicyclic) bond motifs is 1. The summed E-state index contributed by atoms with van der Waals surface area (Å²) in [5.41, 5.74) is 1.99. The summed E-state index contributed by atoms with van der Waals surface area (Å²) in [6.45, 7) is 1.21. The molecule has 0 bridgehead atoms. The summed E-state index contributed by atoms with van der Waals surface area (Å²) < 4.78 is 72.2. The van der Waals surface area contributed by atoms with Crippen molar-refractivity contribution in [3.05, 3.63) is 59.8 Å². The molecule has 0 aliphatic rings. The fraction of sp³-hybridized carbons (Fsp3) is 0.333. The number of ether oxygens (including phenoxy) is 1. The molecule has 1 aromatic heterocycles. The van der Waals surface area contributed by atoms with Gasteiger partial charge in [0.05, 0.1) is 17.9 Å². The second-order valence-electron chi connectivity index (χ2n) is 6.97. The van der Waals surface area contributed by atoms with Gasteiger partial charge in [-0.25, -0.2) is 8.78 Å². The van der Waals surface area contributed by atoms with E-state index in [1.807, 2.05) is 18.2 Å². The molecule has 3 nitrogen and oxygen atoms in total. The number of benzene rings is 2. The van der Waals surface area contributed by atoms with E-state index in [9.17, 15) is 22.0 Å². The first-order valence-electron chi connectivity index (χ1n) is 9.27. The lowest BCUT2D eigenvalue weighted by atomic mass is 10.1. The van der Waals surface area contributed by atoms with Gasteiger partial charge >= 0.3 is 6.18 Å². The van der Waals surface area contributed by atoms with E-state index in [0.717, 1.165) is 41.2 Å². The summed E-state index contributed by atoms with van der Waals surface area (Å²) in [7, 11) is 0. The van der Waals surface area contributed by atoms with Crippen LogP contribution in [0.15, 0.2) is 48.7 Å². The van der Waals surface area contributed by atoms with Gasteiger partial charge in [-0.1, -0.05) is 18.0 Å². The standard InChI is InChI=1S/C21H21F5N2OS/c1-20(22,23)9-11-30-28-19-13-27-18-7-2-14(12-17(18)19)8-10-29-16-5-3-15(4-6-16)21(24,25)26/h2-7,12-13,27-28H,8-11H2,1H3. The smallest absolute Gasteiger partial charge is 0.416 e. The highest BCUT2D eigenvalue weighted by atomic mass is 32.2. The third-order valence-corrected chi connectivity index (χ3v) is 5.18. The van der Waals surface area contributed by atoms with Gasteiger partial charge < -0.3 is 14.4 Å². The van der Waals surface area contributed by atoms with Gasteiger partial charge in [0.25, 0.3) is 0 Å². The first kappa shape index (κ1) is 22.3. The number of H-pyrrole nitrogens is 1. The minimum atomic E-state index is -4.37. The zero-order valence-electron chi connectivity index (χ0n) is 16.2. The van der Waals surface area contributed by atoms with Gasteiger partial charge in [0.1, 0.15) is 5.75 Å². The van der Waals surface area contributed by atoms with E-state index in [0.29, 0.717) is 18.8 Å². The van der Waals surface area contributed by atoms with E-state index in [4.69, 9.17) is 4.74 Å². The fourth-order valence-electron chi connectivity index (χ4n) is 2.79. The number of hydrogen-bond donors (Lipinski definition) is 2. The highest BCUT2D eigenvalue weighted by molar-refractivity contribution is 8.00. The largest absolute Gasteiger partial charge is 0.493 e. The molecule has 2 N–H and O–H groups in total. The third-order valence-electron chi connectivity index (χ3n) is 4.41. The zero-order chi connectivity index (χ0) is 21.8. The van der Waals surface area contributed by atoms with Crippen molar-refractivity contribution in [1.29, 1.82) is 0 Å². The quantitative estimate of drug-likeness (QED) is 0.214. The van der Waals surface area contributed by atoms with Crippen LogP contribution in [0, 0.1) is 0 Å². The molecule has 30 heavy (non-hydrogen) atoms. The normalized spacial score (nSPS) is 12.3. The monoisotopic (exact) mass is 444 g/mol. The Labute approximate surface area is 175 Å². The molecule has 1 heterocycles. The summed E-state index contributed by atoms with van der Waals surface area (Å²) in [6, 6.07) is 10.4. The van der Waals surface area contributed by atoms with Gasteiger partial charge in [0.15, 0.2) is 0 Å². The van der Waals surface area contributed by atoms with Gasteiger partial charge in [0, 0.05) is 35.7 Å². The van der Waals surface area contributed by atoms with Gasteiger partial charge in [-0.3, -0.25) is 0 Å². The maximum atomic E-state index is 12.9. The molecule has 0 spiro atoms. The zero-order valence-corrected chi connectivity index (χ0v) is 17.0. The molecular formula is C21H21F5N2OS. The topological polar surface area (TPSA) is 37.0 Å². The van der Waals surface area contributed by atoms with Crippen LogP contribution < -0.4 is 9.46 Å². The van der Waals surface area contributed by atoms with E-state index < -0.39 is 17.7 Å². The molecule has 0 aliphatic heterocycles. The van der Waals surface area contributed by atoms with Crippen LogP contribution in [-0.4, -0.2) is 23.3 Å². The Morgan fingerprint density at radius 3 is 2.43 bits per heavy atom. The highest BCUT2D eigenvalue weighted by Crippen LogP contribution is 2.31. The molecule has 0 saturated carbocycles. The molecule has 0 aliphatic carbocycles. The van der Waals surface area contributed by atoms with E-state index in [2.05, 4.69) is 9.71 Å². The Hall–Kier alpha value is -2.42. The van der Waals surface area contributed by atoms with Crippen molar-refractivity contribution in [3.63, 3.8) is 0 Å². The van der Waals surface area contributed by atoms with Crippen LogP contribution in [-0.2, 0) is 12.6 Å². The van der Waals surface area contributed by atoms with Gasteiger partial charge in [0.2, 0.25) is 5.92 Å². The first-order chi connectivity index (χ1) is 14.1. The van der Waals surface area contributed by atoms with Crippen LogP contribution in [0.2, 0.25) is 0 Å². The Kier molecular flexibility index (Phi) is 6.80. The summed E-state index contributed by atoms with van der Waals surface area (Å²) in [4.78, 5) is 3.12. The molecule has 3 aromatic rings. The molecule has 2 aromatic carbocycles. The number of rotatable bonds is 9. The summed E-state index contributed by atoms with van der Waals surface area (Å²) in [5, 5.41) is 0.929. The van der Waals surface area contributed by atoms with Crippen molar-refractivity contribution in [2.24, 2.45) is 0 Å². The van der Waals surface area contributed by atoms with Crippen molar-refractivity contribution in [2.45, 2.75) is 31.9 Å². The predicted molar refractivity (Wildman–Crippen MR) is 110 cm³/mol. The summed E-state index contributed by atoms with van der Waals surface area (Å²) >= 11 is 1.22. The lowest BCUT2D eigenvalue weighted by molar-refractivity contribution is -0.137. The van der Waals surface area contributed by atoms with E-state index in [1.165, 1.54) is 24.1 Å². The summed E-state index contributed by atoms with van der Waals surface area (Å²) in [5.74, 6) is -2.04. The number of aromatic nitrogens is 1. The van der Waals surface area contributed by atoms with Crippen LogP contribution in [0.1, 0.15) is 24.5 Å². The Morgan fingerprint density at radius 2 is 1.77 bits per heavy atom. The van der Waals surface area contributed by atoms with Crippen LogP contribution in [0.3, 0.4) is 0 Å². The van der Waals surface area contributed by atoms with E-state index >= 15 is 0 Å². The molecule has 0 amide bonds. The molecule has 0 saturated heterocycles. The number of halogens is 5. The van der Waals surface area contributed by atoms with E-state index in [1.54, 1.807) is 6.20 Å². The number of anilines is 1. The SMILES string of the molecule is CC(F)(F)CCSNc1c[nH]c2ccc(CCOc3ccc(C(F)(F)F)cc3)cc12. The minimum absolute atomic E-state index is 0.209. The van der Waals surface area contributed by atoms with Crippen LogP contribution in [0.5, 0.6) is 5.75 Å². The van der Waals surface area contributed by atoms with Gasteiger partial charge in [-0.2, -0.15) is 13.2 Å². The second kappa shape index (κ2) is 9.16. The minimum Gasteiger partial charge on any atom is -0.493 e. The number of hydrogen-bond acceptors (Lipinski definition) is 3. The predicted octanol–water partition coefficient (Wildman–Crippen LogP) is 6.91. The molecule has 162 valence electrons. The van der Waals surface area contributed by atoms with Crippen molar-refractivity contribution in [1.82, 2.24) is 4.98 Å². The van der Waals surface area contributed by atoms with Crippen LogP contribution in [0.4, 0.5) is 27.6 Å². The Morgan fingerprint density at radius 1 is 1.03 bits per heavy atom. The first-order valence-corrected chi connectivity index (χ1v) is 10.3. The lowest BCUT2D eigenvalue weighted by Gasteiger charge is -2.10. The lowest BCUT2D eigenvalue weighted by Crippen LogP contribution is -2.10. The van der Waals surface area contributed by atoms with Crippen molar-refractivity contribution >= 4 is 28.5 Å². The average Bonchev–Trinajstić information content (AvgIpc) is 3.06. The fourth-order valence-corrected chi connectivity index (χ4v) is 3.68. The molecule has 3 rings (SSSR count). The molecule has 0 atom stereocenters. The molecule has 0 unspecified atom stereocenters. The molecular weight excluding hydrogens is 423 g/mol. The number of alkyl halides is 5. The van der Waals surface area contributed by atoms with Crippen molar-refractivity contribution in [2.75, 3.05) is 17.1 Å². The Balaban J connectivity index is 1.55. The van der Waals surface area contributed by atoms with Crippen molar-refractivity contribution < 1.29 is 26.7 Å². The highest BCUT2D eigenvalue weighted by Gasteiger charge is 2.30. The van der Waals surface area contributed by atoms with E-state index in [-0.39, 0.29) is 12.2 Å². The maximum Gasteiger partial charge on any atom is 0.416 e. The van der Waals surface area contributed by atoms with Gasteiger partial charge in [-0.05, 0) is 48.9 Å². The molecule has 0 radical (unpaired) electrons. The third kappa shape index (κ3) is 6.29. The Bertz CT molecular complexity index is 964. The molecule has 9 heteroatoms. The second-order valence-corrected chi connectivity index (χ2v) is 7.87. The average molecular weight is 444 g/mol. The maximum absolute atomic E-state index is 12.9. The van der Waals surface area contributed by atoms with Gasteiger partial charge in [-0.15, -0.1) is 0 Å². The molecule has 0 fully saturated rings.